The molecule has 55 heavy (non-hydrogen) atoms. The fraction of sp³-hybridized carbons (Fsp3) is 0.0385. The third-order valence-electron chi connectivity index (χ3n) is 10.6. The summed E-state index contributed by atoms with van der Waals surface area (Å²) >= 11 is 0. The van der Waals surface area contributed by atoms with Gasteiger partial charge in [0, 0.05) is 30.6 Å². The van der Waals surface area contributed by atoms with Gasteiger partial charge in [-0.1, -0.05) is 159 Å². The molecule has 0 amide bonds. The predicted octanol–water partition coefficient (Wildman–Crippen LogP) is 13.6. The molecule has 0 radical (unpaired) electrons. The number of aromatic nitrogens is 3. The molecule has 0 spiro atoms. The van der Waals surface area contributed by atoms with E-state index in [0.717, 1.165) is 44.6 Å². The van der Waals surface area contributed by atoms with Gasteiger partial charge in [0.15, 0.2) is 0 Å². The number of hydrogen-bond acceptors (Lipinski definition) is 2. The Hall–Kier alpha value is -7.10. The van der Waals surface area contributed by atoms with Gasteiger partial charge in [0.1, 0.15) is 5.82 Å². The number of pyridine rings is 1. The lowest BCUT2D eigenvalue weighted by atomic mass is 9.85. The van der Waals surface area contributed by atoms with Crippen LogP contribution in [0.25, 0.3) is 94.0 Å². The fourth-order valence-corrected chi connectivity index (χ4v) is 8.06. The van der Waals surface area contributed by atoms with Crippen molar-refractivity contribution in [3.63, 3.8) is 0 Å². The van der Waals surface area contributed by atoms with Crippen LogP contribution in [0.5, 0.6) is 0 Å². The maximum absolute atomic E-state index is 8.69. The molecule has 0 aliphatic carbocycles. The van der Waals surface area contributed by atoms with E-state index in [1.165, 1.54) is 32.7 Å². The normalized spacial score (nSPS) is 13.3. The standard InChI is InChI=1S/C52H37N3/c1-2-50-54-47-22-8-10-24-49(47)55(50)48-23-9-7-16-41(48)37-29-25-35(26-30-37)36-27-31-38(32-28-36)51-42-17-3-5-19-44(42)52(45-20-6-4-18-43(45)51)40-15-13-14-39(34-40)46-21-11-12-33-53-46/h3-34H,2H2,1H3/i1D3,2D2. The van der Waals surface area contributed by atoms with Gasteiger partial charge in [-0.15, -0.1) is 0 Å². The van der Waals surface area contributed by atoms with Crippen molar-refractivity contribution in [1.29, 1.82) is 0 Å². The van der Waals surface area contributed by atoms with Gasteiger partial charge in [0.2, 0.25) is 0 Å². The Morgan fingerprint density at radius 2 is 1.05 bits per heavy atom. The molecule has 0 saturated carbocycles. The first-order chi connectivity index (χ1) is 29.2. The highest BCUT2D eigenvalue weighted by Crippen LogP contribution is 2.44. The van der Waals surface area contributed by atoms with E-state index in [-0.39, 0.29) is 5.82 Å². The molecule has 3 nitrogen and oxygen atoms in total. The SMILES string of the molecule is [2H]C([2H])([2H])C([2H])([2H])c1nc2ccccc2n1-c1ccccc1-c1ccc(-c2ccc(-c3c4ccccc4c(-c4cccc(-c5ccccn5)c4)c4ccccc34)cc2)cc1. The Bertz CT molecular complexity index is 3150. The lowest BCUT2D eigenvalue weighted by Crippen LogP contribution is -2.02. The summed E-state index contributed by atoms with van der Waals surface area (Å²) in [6.45, 7) is -2.92. The van der Waals surface area contributed by atoms with Gasteiger partial charge in [-0.2, -0.15) is 0 Å². The monoisotopic (exact) mass is 708 g/mol. The van der Waals surface area contributed by atoms with Crippen molar-refractivity contribution in [1.82, 2.24) is 14.5 Å². The van der Waals surface area contributed by atoms with Gasteiger partial charge < -0.3 is 0 Å². The van der Waals surface area contributed by atoms with Crippen LogP contribution in [0.1, 0.15) is 19.5 Å². The maximum Gasteiger partial charge on any atom is 0.114 e. The number of para-hydroxylation sites is 3. The number of fused-ring (bicyclic) bond motifs is 3. The Labute approximate surface area is 327 Å². The van der Waals surface area contributed by atoms with E-state index in [9.17, 15) is 0 Å². The summed E-state index contributed by atoms with van der Waals surface area (Å²) < 4.78 is 43.1. The van der Waals surface area contributed by atoms with Crippen LogP contribution in [0.4, 0.5) is 0 Å². The molecule has 2 aromatic heterocycles. The van der Waals surface area contributed by atoms with Gasteiger partial charge in [-0.3, -0.25) is 9.55 Å². The van der Waals surface area contributed by atoms with Crippen molar-refractivity contribution in [2.75, 3.05) is 0 Å². The van der Waals surface area contributed by atoms with E-state index in [0.29, 0.717) is 16.7 Å². The third kappa shape index (κ3) is 5.69. The number of imidazole rings is 1. The van der Waals surface area contributed by atoms with Crippen LogP contribution in [-0.4, -0.2) is 14.5 Å². The van der Waals surface area contributed by atoms with Crippen LogP contribution in [0.3, 0.4) is 0 Å². The molecule has 2 heterocycles. The molecule has 0 N–H and O–H groups in total. The molecule has 8 aromatic carbocycles. The summed E-state index contributed by atoms with van der Waals surface area (Å²) in [5.74, 6) is -0.155. The average molecular weight is 709 g/mol. The smallest absolute Gasteiger partial charge is 0.114 e. The molecule has 10 rings (SSSR count). The first-order valence-corrected chi connectivity index (χ1v) is 18.4. The van der Waals surface area contributed by atoms with E-state index < -0.39 is 13.2 Å². The van der Waals surface area contributed by atoms with Crippen molar-refractivity contribution < 1.29 is 6.85 Å². The second-order valence-corrected chi connectivity index (χ2v) is 13.7. The highest BCUT2D eigenvalue weighted by Gasteiger charge is 2.18. The molecule has 0 atom stereocenters. The Balaban J connectivity index is 1.02. The summed E-state index contributed by atoms with van der Waals surface area (Å²) in [6.07, 6.45) is -0.860. The number of aryl methyl sites for hydroxylation is 1. The topological polar surface area (TPSA) is 30.7 Å². The van der Waals surface area contributed by atoms with Gasteiger partial charge in [0.05, 0.1) is 22.4 Å². The summed E-state index contributed by atoms with van der Waals surface area (Å²) in [7, 11) is 0. The first-order valence-electron chi connectivity index (χ1n) is 20.9. The minimum Gasteiger partial charge on any atom is -0.296 e. The predicted molar refractivity (Wildman–Crippen MR) is 230 cm³/mol. The Kier molecular flexibility index (Phi) is 6.85. The first kappa shape index (κ1) is 27.5. The Morgan fingerprint density at radius 3 is 1.73 bits per heavy atom. The molecule has 0 aliphatic heterocycles. The zero-order valence-corrected chi connectivity index (χ0v) is 29.8. The zero-order chi connectivity index (χ0) is 41.0. The van der Waals surface area contributed by atoms with Crippen LogP contribution >= 0.6 is 0 Å². The average Bonchev–Trinajstić information content (AvgIpc) is 3.69. The van der Waals surface area contributed by atoms with Crippen LogP contribution in [0.2, 0.25) is 0 Å². The summed E-state index contributed by atoms with van der Waals surface area (Å²) in [5, 5.41) is 4.75. The van der Waals surface area contributed by atoms with Crippen LogP contribution in [0.15, 0.2) is 194 Å². The number of rotatable bonds is 7. The maximum atomic E-state index is 8.69. The molecule has 260 valence electrons. The summed E-state index contributed by atoms with van der Waals surface area (Å²) in [5.41, 5.74) is 12.4. The fourth-order valence-electron chi connectivity index (χ4n) is 8.06. The second kappa shape index (κ2) is 13.7. The molecule has 0 saturated heterocycles. The lowest BCUT2D eigenvalue weighted by Gasteiger charge is -2.18. The van der Waals surface area contributed by atoms with E-state index in [1.807, 2.05) is 66.9 Å². The highest BCUT2D eigenvalue weighted by atomic mass is 15.1. The molecule has 0 unspecified atom stereocenters. The quantitative estimate of drug-likeness (QED) is 0.154. The molecule has 0 bridgehead atoms. The van der Waals surface area contributed by atoms with Gasteiger partial charge >= 0.3 is 0 Å². The largest absolute Gasteiger partial charge is 0.296 e. The van der Waals surface area contributed by atoms with Gasteiger partial charge in [-0.25, -0.2) is 4.98 Å². The van der Waals surface area contributed by atoms with Crippen molar-refractivity contribution in [3.05, 3.63) is 200 Å². The van der Waals surface area contributed by atoms with E-state index in [2.05, 4.69) is 131 Å². The molecule has 0 aliphatic rings. The minimum atomic E-state index is -2.92. The molecule has 0 fully saturated rings. The molecular weight excluding hydrogens is 667 g/mol. The number of nitrogens with zero attached hydrogens (tertiary/aromatic N) is 3. The van der Waals surface area contributed by atoms with Crippen molar-refractivity contribution >= 4 is 32.6 Å². The van der Waals surface area contributed by atoms with Gasteiger partial charge in [0.25, 0.3) is 0 Å². The Morgan fingerprint density at radius 1 is 0.491 bits per heavy atom. The van der Waals surface area contributed by atoms with Crippen LogP contribution in [-0.2, 0) is 6.37 Å². The summed E-state index contributed by atoms with van der Waals surface area (Å²) in [6, 6.07) is 64.0. The van der Waals surface area contributed by atoms with E-state index in [1.54, 1.807) is 10.6 Å². The summed E-state index contributed by atoms with van der Waals surface area (Å²) in [4.78, 5) is 9.15. The number of benzene rings is 8. The van der Waals surface area contributed by atoms with Gasteiger partial charge in [-0.05, 0) is 96.9 Å². The zero-order valence-electron chi connectivity index (χ0n) is 34.8. The van der Waals surface area contributed by atoms with Crippen LogP contribution in [0, 0.1) is 0 Å². The van der Waals surface area contributed by atoms with E-state index in [4.69, 9.17) is 6.85 Å². The third-order valence-corrected chi connectivity index (χ3v) is 10.6. The van der Waals surface area contributed by atoms with E-state index >= 15 is 0 Å². The highest BCUT2D eigenvalue weighted by molar-refractivity contribution is 6.21. The van der Waals surface area contributed by atoms with Crippen molar-refractivity contribution in [2.24, 2.45) is 0 Å². The van der Waals surface area contributed by atoms with Crippen molar-refractivity contribution in [3.8, 4) is 61.5 Å². The molecule has 10 aromatic rings. The molecular formula is C52H37N3. The number of hydrogen-bond donors (Lipinski definition) is 0. The second-order valence-electron chi connectivity index (χ2n) is 13.7. The minimum absolute atomic E-state index is 0.155. The van der Waals surface area contributed by atoms with Crippen LogP contribution < -0.4 is 0 Å². The lowest BCUT2D eigenvalue weighted by molar-refractivity contribution is 0.909. The molecule has 3 heteroatoms. The van der Waals surface area contributed by atoms with Crippen molar-refractivity contribution in [2.45, 2.75) is 13.2 Å².